The first kappa shape index (κ1) is 17.9. The number of halogens is 1. The van der Waals surface area contributed by atoms with Gasteiger partial charge in [-0.3, -0.25) is 9.88 Å². The van der Waals surface area contributed by atoms with E-state index in [-0.39, 0.29) is 0 Å². The molecule has 0 spiro atoms. The molecular formula is C20H22ClN5O. The van der Waals surface area contributed by atoms with Crippen molar-refractivity contribution in [2.45, 2.75) is 19.9 Å². The Balaban J connectivity index is 1.33. The smallest absolute Gasteiger partial charge is 0.230 e. The number of piperazine rings is 1. The maximum Gasteiger partial charge on any atom is 0.230 e. The van der Waals surface area contributed by atoms with E-state index in [4.69, 9.17) is 16.0 Å². The lowest BCUT2D eigenvalue weighted by molar-refractivity contribution is 0.224. The molecule has 3 aromatic rings. The van der Waals surface area contributed by atoms with Gasteiger partial charge in [0.15, 0.2) is 0 Å². The molecule has 0 amide bonds. The quantitative estimate of drug-likeness (QED) is 0.673. The maximum absolute atomic E-state index is 6.25. The van der Waals surface area contributed by atoms with Crippen molar-refractivity contribution in [1.29, 1.82) is 0 Å². The van der Waals surface area contributed by atoms with Gasteiger partial charge in [-0.2, -0.15) is 0 Å². The summed E-state index contributed by atoms with van der Waals surface area (Å²) in [5.74, 6) is 1.34. The van der Waals surface area contributed by atoms with Crippen molar-refractivity contribution in [2.75, 3.05) is 31.1 Å². The largest absolute Gasteiger partial charge is 0.424 e. The molecule has 7 heteroatoms. The van der Waals surface area contributed by atoms with Gasteiger partial charge in [-0.1, -0.05) is 35.9 Å². The van der Waals surface area contributed by atoms with Gasteiger partial charge in [0.1, 0.15) is 0 Å². The molecule has 140 valence electrons. The highest BCUT2D eigenvalue weighted by Gasteiger charge is 2.20. The van der Waals surface area contributed by atoms with Crippen LogP contribution in [0.4, 0.5) is 5.69 Å². The second kappa shape index (κ2) is 8.06. The van der Waals surface area contributed by atoms with Crippen molar-refractivity contribution in [2.24, 2.45) is 0 Å². The van der Waals surface area contributed by atoms with Gasteiger partial charge in [0, 0.05) is 38.6 Å². The molecule has 0 bridgehead atoms. The van der Waals surface area contributed by atoms with Crippen molar-refractivity contribution < 1.29 is 4.42 Å². The van der Waals surface area contributed by atoms with Crippen molar-refractivity contribution in [3.8, 4) is 0 Å². The molecule has 0 unspecified atom stereocenters. The summed E-state index contributed by atoms with van der Waals surface area (Å²) in [6, 6.07) is 10.2. The summed E-state index contributed by atoms with van der Waals surface area (Å²) in [5, 5.41) is 9.14. The van der Waals surface area contributed by atoms with Crippen LogP contribution in [0.3, 0.4) is 0 Å². The van der Waals surface area contributed by atoms with E-state index >= 15 is 0 Å². The van der Waals surface area contributed by atoms with E-state index in [1.54, 1.807) is 12.4 Å². The molecule has 4 rings (SSSR count). The summed E-state index contributed by atoms with van der Waals surface area (Å²) in [4.78, 5) is 8.67. The van der Waals surface area contributed by atoms with E-state index < -0.39 is 0 Å². The van der Waals surface area contributed by atoms with Gasteiger partial charge in [-0.05, 0) is 24.1 Å². The van der Waals surface area contributed by atoms with Crippen LogP contribution in [0.15, 0.2) is 47.1 Å². The van der Waals surface area contributed by atoms with Gasteiger partial charge in [0.25, 0.3) is 0 Å². The molecule has 0 N–H and O–H groups in total. The minimum absolute atomic E-state index is 0.668. The second-order valence-electron chi connectivity index (χ2n) is 6.78. The molecule has 27 heavy (non-hydrogen) atoms. The zero-order valence-corrected chi connectivity index (χ0v) is 16.1. The summed E-state index contributed by atoms with van der Waals surface area (Å²) in [5.41, 5.74) is 3.50. The third-order valence-electron chi connectivity index (χ3n) is 4.93. The molecule has 2 aromatic heterocycles. The Bertz CT molecular complexity index is 905. The van der Waals surface area contributed by atoms with Crippen LogP contribution in [0.5, 0.6) is 0 Å². The number of aryl methyl sites for hydroxylation is 1. The SMILES string of the molecule is Cc1ccccc1Cc1nnc(CN2CCN(c3ccncc3Cl)CC2)o1. The Morgan fingerprint density at radius 2 is 1.81 bits per heavy atom. The highest BCUT2D eigenvalue weighted by molar-refractivity contribution is 6.33. The van der Waals surface area contributed by atoms with Crippen LogP contribution in [0, 0.1) is 6.92 Å². The molecule has 0 saturated carbocycles. The molecule has 0 radical (unpaired) electrons. The number of hydrogen-bond acceptors (Lipinski definition) is 6. The fourth-order valence-corrected chi connectivity index (χ4v) is 3.60. The fourth-order valence-electron chi connectivity index (χ4n) is 3.36. The first-order chi connectivity index (χ1) is 13.2. The molecule has 0 atom stereocenters. The molecule has 1 saturated heterocycles. The highest BCUT2D eigenvalue weighted by atomic mass is 35.5. The van der Waals surface area contributed by atoms with Crippen LogP contribution in [0.2, 0.25) is 5.02 Å². The number of aromatic nitrogens is 3. The Kier molecular flexibility index (Phi) is 5.36. The van der Waals surface area contributed by atoms with Crippen LogP contribution in [-0.2, 0) is 13.0 Å². The fraction of sp³-hybridized carbons (Fsp3) is 0.350. The van der Waals surface area contributed by atoms with Gasteiger partial charge in [0.05, 0.1) is 23.7 Å². The molecular weight excluding hydrogens is 362 g/mol. The van der Waals surface area contributed by atoms with Crippen molar-refractivity contribution >= 4 is 17.3 Å². The Labute approximate surface area is 163 Å². The van der Waals surface area contributed by atoms with E-state index in [1.807, 2.05) is 18.2 Å². The van der Waals surface area contributed by atoms with E-state index in [0.29, 0.717) is 29.8 Å². The number of hydrogen-bond donors (Lipinski definition) is 0. The molecule has 0 aliphatic carbocycles. The number of pyridine rings is 1. The molecule has 1 aliphatic rings. The summed E-state index contributed by atoms with van der Waals surface area (Å²) >= 11 is 6.25. The number of nitrogens with zero attached hydrogens (tertiary/aromatic N) is 5. The van der Waals surface area contributed by atoms with Gasteiger partial charge in [-0.15, -0.1) is 10.2 Å². The Morgan fingerprint density at radius 1 is 1.04 bits per heavy atom. The van der Waals surface area contributed by atoms with Crippen LogP contribution in [0.25, 0.3) is 0 Å². The van der Waals surface area contributed by atoms with Crippen molar-refractivity contribution in [3.63, 3.8) is 0 Å². The van der Waals surface area contributed by atoms with E-state index in [2.05, 4.69) is 44.0 Å². The van der Waals surface area contributed by atoms with E-state index in [0.717, 1.165) is 31.9 Å². The first-order valence-electron chi connectivity index (χ1n) is 9.11. The lowest BCUT2D eigenvalue weighted by atomic mass is 10.1. The van der Waals surface area contributed by atoms with Crippen LogP contribution >= 0.6 is 11.6 Å². The average Bonchev–Trinajstić information content (AvgIpc) is 3.12. The van der Waals surface area contributed by atoms with Crippen LogP contribution in [0.1, 0.15) is 22.9 Å². The monoisotopic (exact) mass is 383 g/mol. The molecule has 1 aromatic carbocycles. The number of anilines is 1. The highest BCUT2D eigenvalue weighted by Crippen LogP contribution is 2.25. The van der Waals surface area contributed by atoms with Crippen molar-refractivity contribution in [3.05, 3.63) is 70.7 Å². The van der Waals surface area contributed by atoms with Crippen molar-refractivity contribution in [1.82, 2.24) is 20.1 Å². The second-order valence-corrected chi connectivity index (χ2v) is 7.19. The van der Waals surface area contributed by atoms with Crippen LogP contribution in [-0.4, -0.2) is 46.3 Å². The first-order valence-corrected chi connectivity index (χ1v) is 9.49. The van der Waals surface area contributed by atoms with Gasteiger partial charge >= 0.3 is 0 Å². The third kappa shape index (κ3) is 4.28. The zero-order valence-electron chi connectivity index (χ0n) is 15.3. The topological polar surface area (TPSA) is 58.3 Å². The third-order valence-corrected chi connectivity index (χ3v) is 5.23. The lowest BCUT2D eigenvalue weighted by Gasteiger charge is -2.35. The standard InChI is InChI=1S/C20H22ClN5O/c1-15-4-2-3-5-16(15)12-19-23-24-20(27-19)14-25-8-10-26(11-9-25)18-6-7-22-13-17(18)21/h2-7,13H,8-12,14H2,1H3. The normalized spacial score (nSPS) is 15.3. The summed E-state index contributed by atoms with van der Waals surface area (Å²) in [6.07, 6.45) is 4.15. The summed E-state index contributed by atoms with van der Waals surface area (Å²) in [7, 11) is 0. The summed E-state index contributed by atoms with van der Waals surface area (Å²) < 4.78 is 5.87. The minimum atomic E-state index is 0.668. The maximum atomic E-state index is 6.25. The molecule has 1 aliphatic heterocycles. The minimum Gasteiger partial charge on any atom is -0.424 e. The Morgan fingerprint density at radius 3 is 2.59 bits per heavy atom. The van der Waals surface area contributed by atoms with Gasteiger partial charge < -0.3 is 9.32 Å². The van der Waals surface area contributed by atoms with E-state index in [9.17, 15) is 0 Å². The predicted octanol–water partition coefficient (Wildman–Crippen LogP) is 3.34. The number of benzene rings is 1. The molecule has 6 nitrogen and oxygen atoms in total. The van der Waals surface area contributed by atoms with Gasteiger partial charge in [-0.25, -0.2) is 0 Å². The van der Waals surface area contributed by atoms with Crippen LogP contribution < -0.4 is 4.90 Å². The average molecular weight is 384 g/mol. The zero-order chi connectivity index (χ0) is 18.6. The van der Waals surface area contributed by atoms with Gasteiger partial charge in [0.2, 0.25) is 11.8 Å². The lowest BCUT2D eigenvalue weighted by Crippen LogP contribution is -2.46. The molecule has 3 heterocycles. The molecule has 1 fully saturated rings. The predicted molar refractivity (Wildman–Crippen MR) is 105 cm³/mol. The van der Waals surface area contributed by atoms with E-state index in [1.165, 1.54) is 11.1 Å². The summed E-state index contributed by atoms with van der Waals surface area (Å²) in [6.45, 7) is 6.45. The number of rotatable bonds is 5. The Hall–Kier alpha value is -2.44.